The van der Waals surface area contributed by atoms with E-state index in [2.05, 4.69) is 12.1 Å². The fourth-order valence-corrected chi connectivity index (χ4v) is 4.19. The summed E-state index contributed by atoms with van der Waals surface area (Å²) >= 11 is 0. The summed E-state index contributed by atoms with van der Waals surface area (Å²) in [5.74, 6) is -0.133. The quantitative estimate of drug-likeness (QED) is 0.673. The van der Waals surface area contributed by atoms with Crippen molar-refractivity contribution in [3.8, 4) is 11.1 Å². The second kappa shape index (κ2) is 9.58. The number of hydrogen-bond donors (Lipinski definition) is 1. The Kier molecular flexibility index (Phi) is 6.43. The summed E-state index contributed by atoms with van der Waals surface area (Å²) in [6.07, 6.45) is 0.938. The Morgan fingerprint density at radius 1 is 0.903 bits per heavy atom. The maximum atomic E-state index is 13.2. The Bertz CT molecular complexity index is 1040. The molecule has 0 unspecified atom stereocenters. The van der Waals surface area contributed by atoms with E-state index in [4.69, 9.17) is 5.73 Å². The molecular formula is C26H27N3O2. The molecule has 2 amide bonds. The van der Waals surface area contributed by atoms with Gasteiger partial charge < -0.3 is 15.5 Å². The van der Waals surface area contributed by atoms with Crippen molar-refractivity contribution in [1.29, 1.82) is 0 Å². The van der Waals surface area contributed by atoms with Gasteiger partial charge >= 0.3 is 0 Å². The number of nitrogens with two attached hydrogens (primary N) is 1. The third-order valence-electron chi connectivity index (χ3n) is 5.71. The van der Waals surface area contributed by atoms with E-state index in [0.717, 1.165) is 22.4 Å². The molecule has 3 aromatic carbocycles. The number of para-hydroxylation sites is 1. The molecule has 1 aliphatic rings. The lowest BCUT2D eigenvalue weighted by Crippen LogP contribution is -2.59. The van der Waals surface area contributed by atoms with E-state index in [1.165, 1.54) is 0 Å². The lowest BCUT2D eigenvalue weighted by Gasteiger charge is -2.41. The highest BCUT2D eigenvalue weighted by atomic mass is 16.2. The van der Waals surface area contributed by atoms with Crippen LogP contribution >= 0.6 is 0 Å². The lowest BCUT2D eigenvalue weighted by atomic mass is 9.98. The van der Waals surface area contributed by atoms with Crippen molar-refractivity contribution in [3.63, 3.8) is 0 Å². The van der Waals surface area contributed by atoms with Crippen molar-refractivity contribution in [1.82, 2.24) is 4.90 Å². The van der Waals surface area contributed by atoms with Gasteiger partial charge in [0.15, 0.2) is 0 Å². The maximum absolute atomic E-state index is 13.2. The lowest BCUT2D eigenvalue weighted by molar-refractivity contribution is -0.139. The Hall–Kier alpha value is -3.44. The normalized spacial score (nSPS) is 16.4. The van der Waals surface area contributed by atoms with Crippen molar-refractivity contribution in [3.05, 3.63) is 90.5 Å². The highest BCUT2D eigenvalue weighted by molar-refractivity contribution is 6.01. The van der Waals surface area contributed by atoms with Gasteiger partial charge in [-0.1, -0.05) is 78.9 Å². The smallest absolute Gasteiger partial charge is 0.246 e. The van der Waals surface area contributed by atoms with Crippen LogP contribution in [0.1, 0.15) is 12.0 Å². The molecule has 1 heterocycles. The molecule has 4 rings (SSSR count). The van der Waals surface area contributed by atoms with Crippen LogP contribution in [0.3, 0.4) is 0 Å². The molecule has 1 fully saturated rings. The molecule has 5 nitrogen and oxygen atoms in total. The number of hydrogen-bond acceptors (Lipinski definition) is 3. The van der Waals surface area contributed by atoms with Gasteiger partial charge in [0, 0.05) is 25.1 Å². The SMILES string of the molecule is NCCC(=O)N1CC(=O)N(c2ccccc2-c2ccccc2)C[C@@H]1Cc1ccccc1. The number of carbonyl (C=O) groups excluding carboxylic acids is 2. The van der Waals surface area contributed by atoms with E-state index < -0.39 is 0 Å². The first-order chi connectivity index (χ1) is 15.2. The first-order valence-electron chi connectivity index (χ1n) is 10.7. The van der Waals surface area contributed by atoms with Crippen LogP contribution in [0.15, 0.2) is 84.9 Å². The van der Waals surface area contributed by atoms with Gasteiger partial charge in [-0.05, 0) is 23.6 Å². The molecule has 0 saturated carbocycles. The van der Waals surface area contributed by atoms with Crippen molar-refractivity contribution in [2.75, 3.05) is 24.5 Å². The van der Waals surface area contributed by atoms with Gasteiger partial charge in [-0.15, -0.1) is 0 Å². The molecule has 2 N–H and O–H groups in total. The highest BCUT2D eigenvalue weighted by Crippen LogP contribution is 2.33. The Labute approximate surface area is 183 Å². The summed E-state index contributed by atoms with van der Waals surface area (Å²) in [4.78, 5) is 29.5. The second-order valence-electron chi connectivity index (χ2n) is 7.79. The minimum Gasteiger partial charge on any atom is -0.330 e. The first kappa shape index (κ1) is 20.8. The molecular weight excluding hydrogens is 386 g/mol. The molecule has 0 spiro atoms. The van der Waals surface area contributed by atoms with Crippen LogP contribution in [0.25, 0.3) is 11.1 Å². The molecule has 0 radical (unpaired) electrons. The molecule has 31 heavy (non-hydrogen) atoms. The molecule has 5 heteroatoms. The third-order valence-corrected chi connectivity index (χ3v) is 5.71. The van der Waals surface area contributed by atoms with E-state index in [9.17, 15) is 9.59 Å². The van der Waals surface area contributed by atoms with Crippen LogP contribution in [0.5, 0.6) is 0 Å². The van der Waals surface area contributed by atoms with Crippen molar-refractivity contribution in [2.24, 2.45) is 5.73 Å². The molecule has 1 atom stereocenters. The fraction of sp³-hybridized carbons (Fsp3) is 0.231. The van der Waals surface area contributed by atoms with Crippen LogP contribution in [0, 0.1) is 0 Å². The zero-order valence-electron chi connectivity index (χ0n) is 17.5. The second-order valence-corrected chi connectivity index (χ2v) is 7.79. The predicted octanol–water partition coefficient (Wildman–Crippen LogP) is 3.49. The van der Waals surface area contributed by atoms with Gasteiger partial charge in [-0.2, -0.15) is 0 Å². The summed E-state index contributed by atoms with van der Waals surface area (Å²) in [6, 6.07) is 28.0. The van der Waals surface area contributed by atoms with Crippen LogP contribution in [0.2, 0.25) is 0 Å². The molecule has 1 saturated heterocycles. The number of rotatable bonds is 6. The minimum absolute atomic E-state index is 0.0622. The Morgan fingerprint density at radius 2 is 1.55 bits per heavy atom. The van der Waals surface area contributed by atoms with Crippen molar-refractivity contribution in [2.45, 2.75) is 18.9 Å². The zero-order chi connectivity index (χ0) is 21.6. The summed E-state index contributed by atoms with van der Waals surface area (Å²) in [7, 11) is 0. The summed E-state index contributed by atoms with van der Waals surface area (Å²) in [5.41, 5.74) is 9.72. The fourth-order valence-electron chi connectivity index (χ4n) is 4.19. The molecule has 3 aromatic rings. The van der Waals surface area contributed by atoms with E-state index in [0.29, 0.717) is 13.0 Å². The largest absolute Gasteiger partial charge is 0.330 e. The summed E-state index contributed by atoms with van der Waals surface area (Å²) < 4.78 is 0. The summed E-state index contributed by atoms with van der Waals surface area (Å²) in [5, 5.41) is 0. The molecule has 0 bridgehead atoms. The first-order valence-corrected chi connectivity index (χ1v) is 10.7. The minimum atomic E-state index is -0.108. The standard InChI is InChI=1S/C26H27N3O2/c27-16-15-25(30)28-19-26(31)29(18-22(28)17-20-9-3-1-4-10-20)24-14-8-7-13-23(24)21-11-5-2-6-12-21/h1-14,22H,15-19,27H2/t22-/m0/s1. The number of anilines is 1. The van der Waals surface area contributed by atoms with Crippen LogP contribution in [0.4, 0.5) is 5.69 Å². The highest BCUT2D eigenvalue weighted by Gasteiger charge is 2.36. The topological polar surface area (TPSA) is 66.6 Å². The van der Waals surface area contributed by atoms with Crippen LogP contribution in [-0.2, 0) is 16.0 Å². The molecule has 0 aliphatic carbocycles. The number of nitrogens with zero attached hydrogens (tertiary/aromatic N) is 2. The number of benzene rings is 3. The van der Waals surface area contributed by atoms with Gasteiger partial charge in [-0.3, -0.25) is 9.59 Å². The molecule has 0 aromatic heterocycles. The average Bonchev–Trinajstić information content (AvgIpc) is 2.81. The number of amides is 2. The van der Waals surface area contributed by atoms with E-state index in [-0.39, 0.29) is 37.4 Å². The maximum Gasteiger partial charge on any atom is 0.246 e. The average molecular weight is 414 g/mol. The van der Waals surface area contributed by atoms with E-state index >= 15 is 0 Å². The molecule has 1 aliphatic heterocycles. The van der Waals surface area contributed by atoms with Gasteiger partial charge in [0.2, 0.25) is 11.8 Å². The van der Waals surface area contributed by atoms with E-state index in [1.54, 1.807) is 4.90 Å². The van der Waals surface area contributed by atoms with Gasteiger partial charge in [-0.25, -0.2) is 0 Å². The number of carbonyl (C=O) groups is 2. The Balaban J connectivity index is 1.67. The number of piperazine rings is 1. The predicted molar refractivity (Wildman–Crippen MR) is 124 cm³/mol. The monoisotopic (exact) mass is 413 g/mol. The third kappa shape index (κ3) is 4.67. The van der Waals surface area contributed by atoms with E-state index in [1.807, 2.05) is 77.7 Å². The molecule has 158 valence electrons. The van der Waals surface area contributed by atoms with Gasteiger partial charge in [0.25, 0.3) is 0 Å². The van der Waals surface area contributed by atoms with Crippen LogP contribution < -0.4 is 10.6 Å². The zero-order valence-corrected chi connectivity index (χ0v) is 17.5. The Morgan fingerprint density at radius 3 is 2.26 bits per heavy atom. The van der Waals surface area contributed by atoms with Crippen LogP contribution in [-0.4, -0.2) is 42.4 Å². The van der Waals surface area contributed by atoms with Gasteiger partial charge in [0.1, 0.15) is 6.54 Å². The summed E-state index contributed by atoms with van der Waals surface area (Å²) in [6.45, 7) is 0.801. The van der Waals surface area contributed by atoms with Gasteiger partial charge in [0.05, 0.1) is 11.7 Å². The van der Waals surface area contributed by atoms with Crippen molar-refractivity contribution < 1.29 is 9.59 Å². The van der Waals surface area contributed by atoms with Crippen molar-refractivity contribution >= 4 is 17.5 Å².